The Morgan fingerprint density at radius 2 is 1.89 bits per heavy atom. The number of rotatable bonds is 6. The Kier molecular flexibility index (Phi) is 8.52. The highest BCUT2D eigenvalue weighted by atomic mass is 35.5. The van der Waals surface area contributed by atoms with Gasteiger partial charge in [0.15, 0.2) is 0 Å². The van der Waals surface area contributed by atoms with E-state index in [1.54, 1.807) is 0 Å². The second kappa shape index (κ2) is 9.72. The van der Waals surface area contributed by atoms with E-state index < -0.39 is 26.7 Å². The first kappa shape index (κ1) is 23.7. The minimum atomic E-state index is -4.61. The zero-order valence-corrected chi connectivity index (χ0v) is 16.2. The molecule has 0 atom stereocenters. The molecule has 6 nitrogen and oxygen atoms in total. The average molecular weight is 430 g/mol. The zero-order valence-electron chi connectivity index (χ0n) is 14.5. The summed E-state index contributed by atoms with van der Waals surface area (Å²) >= 11 is 0. The highest BCUT2D eigenvalue weighted by Crippen LogP contribution is 2.32. The molecule has 1 aromatic carbocycles. The zero-order chi connectivity index (χ0) is 19.4. The van der Waals surface area contributed by atoms with Crippen molar-refractivity contribution in [3.63, 3.8) is 0 Å². The SMILES string of the molecule is Cl.NCCCNC(=O)C1CCN(S(=O)(=O)c2cccc(C(F)(F)F)c2)CC1. The molecule has 2 rings (SSSR count). The quantitative estimate of drug-likeness (QED) is 0.676. The second-order valence-corrected chi connectivity index (χ2v) is 8.08. The predicted molar refractivity (Wildman–Crippen MR) is 96.9 cm³/mol. The van der Waals surface area contributed by atoms with Crippen LogP contribution in [0.25, 0.3) is 0 Å². The molecule has 1 heterocycles. The number of nitrogens with one attached hydrogen (secondary N) is 1. The van der Waals surface area contributed by atoms with Crippen molar-refractivity contribution >= 4 is 28.3 Å². The molecule has 0 radical (unpaired) electrons. The normalized spacial score (nSPS) is 16.6. The van der Waals surface area contributed by atoms with E-state index in [1.807, 2.05) is 0 Å². The van der Waals surface area contributed by atoms with Crippen molar-refractivity contribution in [3.05, 3.63) is 29.8 Å². The van der Waals surface area contributed by atoms with E-state index in [1.165, 1.54) is 0 Å². The van der Waals surface area contributed by atoms with Crippen LogP contribution in [0.15, 0.2) is 29.2 Å². The average Bonchev–Trinajstić information content (AvgIpc) is 2.61. The highest BCUT2D eigenvalue weighted by molar-refractivity contribution is 7.89. The number of nitrogens with zero attached hydrogens (tertiary/aromatic N) is 1. The van der Waals surface area contributed by atoms with Gasteiger partial charge in [0.05, 0.1) is 10.5 Å². The maximum absolute atomic E-state index is 12.8. The largest absolute Gasteiger partial charge is 0.416 e. The van der Waals surface area contributed by atoms with Crippen LogP contribution in [-0.4, -0.2) is 44.8 Å². The Labute approximate surface area is 162 Å². The molecule has 0 aromatic heterocycles. The molecule has 1 saturated heterocycles. The Hall–Kier alpha value is -1.36. The minimum absolute atomic E-state index is 0. The lowest BCUT2D eigenvalue weighted by molar-refractivity contribution is -0.137. The molecule has 3 N–H and O–H groups in total. The monoisotopic (exact) mass is 429 g/mol. The summed E-state index contributed by atoms with van der Waals surface area (Å²) in [6.07, 6.45) is -3.30. The summed E-state index contributed by atoms with van der Waals surface area (Å²) in [5, 5.41) is 2.75. The summed E-state index contributed by atoms with van der Waals surface area (Å²) in [5.41, 5.74) is 4.35. The van der Waals surface area contributed by atoms with Gasteiger partial charge in [-0.2, -0.15) is 17.5 Å². The van der Waals surface area contributed by atoms with Gasteiger partial charge in [0, 0.05) is 25.6 Å². The maximum atomic E-state index is 12.8. The van der Waals surface area contributed by atoms with E-state index in [2.05, 4.69) is 5.32 Å². The number of alkyl halides is 3. The summed E-state index contributed by atoms with van der Waals surface area (Å²) in [6.45, 7) is 1.12. The fourth-order valence-electron chi connectivity index (χ4n) is 2.80. The molecular weight excluding hydrogens is 407 g/mol. The number of carbonyl (C=O) groups is 1. The second-order valence-electron chi connectivity index (χ2n) is 6.14. The number of amides is 1. The predicted octanol–water partition coefficient (Wildman–Crippen LogP) is 1.99. The van der Waals surface area contributed by atoms with Crippen LogP contribution in [0.4, 0.5) is 13.2 Å². The first-order chi connectivity index (χ1) is 12.2. The number of hydrogen-bond donors (Lipinski definition) is 2. The Bertz CT molecular complexity index is 736. The van der Waals surface area contributed by atoms with Crippen molar-refractivity contribution in [2.24, 2.45) is 11.7 Å². The van der Waals surface area contributed by atoms with Gasteiger partial charge in [0.2, 0.25) is 15.9 Å². The van der Waals surface area contributed by atoms with Crippen LogP contribution in [0.2, 0.25) is 0 Å². The molecule has 1 amide bonds. The van der Waals surface area contributed by atoms with Gasteiger partial charge in [-0.3, -0.25) is 4.79 Å². The number of carbonyl (C=O) groups excluding carboxylic acids is 1. The fraction of sp³-hybridized carbons (Fsp3) is 0.562. The van der Waals surface area contributed by atoms with E-state index in [-0.39, 0.29) is 37.3 Å². The number of nitrogens with two attached hydrogens (primary N) is 1. The first-order valence-electron chi connectivity index (χ1n) is 8.31. The van der Waals surface area contributed by atoms with Crippen LogP contribution in [-0.2, 0) is 21.0 Å². The summed E-state index contributed by atoms with van der Waals surface area (Å²) in [7, 11) is -4.03. The Morgan fingerprint density at radius 3 is 2.44 bits per heavy atom. The van der Waals surface area contributed by atoms with Crippen LogP contribution < -0.4 is 11.1 Å². The van der Waals surface area contributed by atoms with Crippen molar-refractivity contribution in [2.45, 2.75) is 30.3 Å². The topological polar surface area (TPSA) is 92.5 Å². The molecule has 27 heavy (non-hydrogen) atoms. The van der Waals surface area contributed by atoms with E-state index in [4.69, 9.17) is 5.73 Å². The van der Waals surface area contributed by atoms with Crippen molar-refractivity contribution in [1.29, 1.82) is 0 Å². The smallest absolute Gasteiger partial charge is 0.356 e. The van der Waals surface area contributed by atoms with E-state index >= 15 is 0 Å². The third kappa shape index (κ3) is 6.06. The lowest BCUT2D eigenvalue weighted by Gasteiger charge is -2.30. The van der Waals surface area contributed by atoms with E-state index in [9.17, 15) is 26.4 Å². The molecule has 0 aliphatic carbocycles. The molecular formula is C16H23ClF3N3O3S. The third-order valence-electron chi connectivity index (χ3n) is 4.30. The number of hydrogen-bond acceptors (Lipinski definition) is 4. The molecule has 1 aromatic rings. The third-order valence-corrected chi connectivity index (χ3v) is 6.20. The van der Waals surface area contributed by atoms with Crippen LogP contribution in [0.5, 0.6) is 0 Å². The fourth-order valence-corrected chi connectivity index (χ4v) is 4.31. The summed E-state index contributed by atoms with van der Waals surface area (Å²) in [5.74, 6) is -0.449. The summed E-state index contributed by atoms with van der Waals surface area (Å²) < 4.78 is 64.7. The van der Waals surface area contributed by atoms with Crippen molar-refractivity contribution < 1.29 is 26.4 Å². The molecule has 0 unspecified atom stereocenters. The van der Waals surface area contributed by atoms with Crippen LogP contribution in [0.1, 0.15) is 24.8 Å². The standard InChI is InChI=1S/C16H22F3N3O3S.ClH/c17-16(18,19)13-3-1-4-14(11-13)26(24,25)22-9-5-12(6-10-22)15(23)21-8-2-7-20;/h1,3-4,11-12H,2,5-10,20H2,(H,21,23);1H. The minimum Gasteiger partial charge on any atom is -0.356 e. The molecule has 1 aliphatic rings. The molecule has 0 bridgehead atoms. The van der Waals surface area contributed by atoms with E-state index in [0.717, 1.165) is 22.5 Å². The molecule has 1 fully saturated rings. The lowest BCUT2D eigenvalue weighted by Crippen LogP contribution is -2.43. The van der Waals surface area contributed by atoms with Gasteiger partial charge in [-0.15, -0.1) is 12.4 Å². The van der Waals surface area contributed by atoms with Crippen LogP contribution in [0, 0.1) is 5.92 Å². The molecule has 1 aliphatic heterocycles. The van der Waals surface area contributed by atoms with Gasteiger partial charge in [-0.05, 0) is 44.0 Å². The van der Waals surface area contributed by atoms with Crippen LogP contribution >= 0.6 is 12.4 Å². The summed E-state index contributed by atoms with van der Waals surface area (Å²) in [4.78, 5) is 11.6. The van der Waals surface area contributed by atoms with Gasteiger partial charge in [-0.1, -0.05) is 6.07 Å². The first-order valence-corrected chi connectivity index (χ1v) is 9.75. The Balaban J connectivity index is 0.00000364. The molecule has 11 heteroatoms. The summed E-state index contributed by atoms with van der Waals surface area (Å²) in [6, 6.07) is 3.70. The Morgan fingerprint density at radius 1 is 1.26 bits per heavy atom. The van der Waals surface area contributed by atoms with Gasteiger partial charge >= 0.3 is 6.18 Å². The lowest BCUT2D eigenvalue weighted by atomic mass is 9.97. The van der Waals surface area contributed by atoms with E-state index in [0.29, 0.717) is 38.4 Å². The van der Waals surface area contributed by atoms with Crippen molar-refractivity contribution in [1.82, 2.24) is 9.62 Å². The number of piperidine rings is 1. The molecule has 0 spiro atoms. The molecule has 154 valence electrons. The van der Waals surface area contributed by atoms with Crippen molar-refractivity contribution in [3.8, 4) is 0 Å². The molecule has 0 saturated carbocycles. The number of sulfonamides is 1. The van der Waals surface area contributed by atoms with Gasteiger partial charge < -0.3 is 11.1 Å². The van der Waals surface area contributed by atoms with Crippen LogP contribution in [0.3, 0.4) is 0 Å². The van der Waals surface area contributed by atoms with Crippen molar-refractivity contribution in [2.75, 3.05) is 26.2 Å². The number of halogens is 4. The van der Waals surface area contributed by atoms with Gasteiger partial charge in [0.1, 0.15) is 0 Å². The van der Waals surface area contributed by atoms with Gasteiger partial charge in [-0.25, -0.2) is 8.42 Å². The number of benzene rings is 1. The highest BCUT2D eigenvalue weighted by Gasteiger charge is 2.35. The maximum Gasteiger partial charge on any atom is 0.416 e. The van der Waals surface area contributed by atoms with Gasteiger partial charge in [0.25, 0.3) is 0 Å².